The smallest absolute Gasteiger partial charge is 0.281 e. The van der Waals surface area contributed by atoms with Gasteiger partial charge in [-0.05, 0) is 25.5 Å². The normalized spacial score (nSPS) is 11.6. The van der Waals surface area contributed by atoms with Crippen LogP contribution in [0.25, 0.3) is 0 Å². The number of rotatable bonds is 5. The summed E-state index contributed by atoms with van der Waals surface area (Å²) in [5.41, 5.74) is 7.60. The van der Waals surface area contributed by atoms with E-state index in [0.29, 0.717) is 17.8 Å². The molecule has 108 valence electrons. The molecule has 3 N–H and O–H groups in total. The molecule has 0 aliphatic heterocycles. The summed E-state index contributed by atoms with van der Waals surface area (Å²) in [6, 6.07) is 7.36. The van der Waals surface area contributed by atoms with E-state index in [9.17, 15) is 8.42 Å². The van der Waals surface area contributed by atoms with Gasteiger partial charge < -0.3 is 5.73 Å². The molecular weight excluding hydrogens is 276 g/mol. The van der Waals surface area contributed by atoms with Crippen LogP contribution < -0.4 is 10.0 Å². The zero-order chi connectivity index (χ0) is 14.8. The first-order chi connectivity index (χ1) is 9.52. The van der Waals surface area contributed by atoms with E-state index >= 15 is 0 Å². The number of sulfonamides is 1. The van der Waals surface area contributed by atoms with Crippen LogP contribution in [0, 0.1) is 6.92 Å². The van der Waals surface area contributed by atoms with Gasteiger partial charge in [-0.3, -0.25) is 9.40 Å². The number of aromatic amines is 1. The van der Waals surface area contributed by atoms with E-state index in [1.807, 2.05) is 25.1 Å². The fourth-order valence-electron chi connectivity index (χ4n) is 2.09. The fourth-order valence-corrected chi connectivity index (χ4v) is 3.75. The van der Waals surface area contributed by atoms with Gasteiger partial charge in [0.25, 0.3) is 10.0 Å². The average molecular weight is 294 g/mol. The van der Waals surface area contributed by atoms with E-state index in [4.69, 9.17) is 5.73 Å². The van der Waals surface area contributed by atoms with Gasteiger partial charge in [0.05, 0.1) is 11.9 Å². The fraction of sp³-hybridized carbons (Fsp3) is 0.308. The zero-order valence-corrected chi connectivity index (χ0v) is 12.3. The van der Waals surface area contributed by atoms with Crippen LogP contribution in [0.3, 0.4) is 0 Å². The molecule has 7 heteroatoms. The van der Waals surface area contributed by atoms with Crippen molar-refractivity contribution >= 4 is 15.7 Å². The highest BCUT2D eigenvalue weighted by atomic mass is 32.2. The second kappa shape index (κ2) is 5.64. The van der Waals surface area contributed by atoms with E-state index in [-0.39, 0.29) is 11.6 Å². The first-order valence-electron chi connectivity index (χ1n) is 6.33. The monoisotopic (exact) mass is 294 g/mol. The molecule has 2 rings (SSSR count). The van der Waals surface area contributed by atoms with Gasteiger partial charge >= 0.3 is 0 Å². The maximum Gasteiger partial charge on any atom is 0.281 e. The lowest BCUT2D eigenvalue weighted by Crippen LogP contribution is -2.32. The van der Waals surface area contributed by atoms with Crippen molar-refractivity contribution in [2.45, 2.75) is 25.4 Å². The van der Waals surface area contributed by atoms with Crippen LogP contribution >= 0.6 is 0 Å². The summed E-state index contributed by atoms with van der Waals surface area (Å²) < 4.78 is 26.9. The summed E-state index contributed by atoms with van der Waals surface area (Å²) in [4.78, 5) is 0. The highest BCUT2D eigenvalue weighted by molar-refractivity contribution is 7.92. The minimum Gasteiger partial charge on any atom is -0.326 e. The molecule has 2 aromatic rings. The molecule has 0 radical (unpaired) electrons. The number of H-pyrrole nitrogens is 1. The van der Waals surface area contributed by atoms with Crippen molar-refractivity contribution < 1.29 is 8.42 Å². The number of hydrogen-bond acceptors (Lipinski definition) is 4. The van der Waals surface area contributed by atoms with Gasteiger partial charge in [-0.15, -0.1) is 0 Å². The second-order valence-electron chi connectivity index (χ2n) is 4.38. The molecule has 0 fully saturated rings. The molecule has 0 atom stereocenters. The Balaban J connectivity index is 2.54. The number of hydrogen-bond donors (Lipinski definition) is 2. The van der Waals surface area contributed by atoms with Crippen molar-refractivity contribution in [3.05, 3.63) is 41.6 Å². The third-order valence-electron chi connectivity index (χ3n) is 3.12. The van der Waals surface area contributed by atoms with E-state index in [0.717, 1.165) is 5.56 Å². The van der Waals surface area contributed by atoms with Crippen LogP contribution in [0.15, 0.2) is 35.5 Å². The molecule has 0 aliphatic rings. The minimum atomic E-state index is -3.69. The molecule has 0 aliphatic carbocycles. The molecule has 0 saturated heterocycles. The number of nitrogens with zero attached hydrogens (tertiary/aromatic N) is 2. The predicted molar refractivity (Wildman–Crippen MR) is 77.9 cm³/mol. The van der Waals surface area contributed by atoms with Crippen LogP contribution in [0.4, 0.5) is 5.69 Å². The Hall–Kier alpha value is -1.86. The summed E-state index contributed by atoms with van der Waals surface area (Å²) in [6.07, 6.45) is 1.44. The second-order valence-corrected chi connectivity index (χ2v) is 6.18. The van der Waals surface area contributed by atoms with Crippen LogP contribution in [-0.4, -0.2) is 25.2 Å². The quantitative estimate of drug-likeness (QED) is 0.871. The number of para-hydroxylation sites is 1. The van der Waals surface area contributed by atoms with Gasteiger partial charge in [-0.2, -0.15) is 13.5 Å². The highest BCUT2D eigenvalue weighted by Crippen LogP contribution is 2.26. The Labute approximate surface area is 118 Å². The molecule has 1 aromatic heterocycles. The first kappa shape index (κ1) is 14.5. The van der Waals surface area contributed by atoms with Crippen molar-refractivity contribution in [3.8, 4) is 0 Å². The van der Waals surface area contributed by atoms with Crippen LogP contribution in [-0.2, 0) is 16.6 Å². The zero-order valence-electron chi connectivity index (χ0n) is 11.5. The Bertz CT molecular complexity index is 694. The third-order valence-corrected chi connectivity index (χ3v) is 5.02. The molecular formula is C13H18N4O2S. The van der Waals surface area contributed by atoms with E-state index in [1.165, 1.54) is 10.5 Å². The molecule has 0 unspecified atom stereocenters. The van der Waals surface area contributed by atoms with Crippen LogP contribution in [0.2, 0.25) is 0 Å². The van der Waals surface area contributed by atoms with Crippen LogP contribution in [0.5, 0.6) is 0 Å². The molecule has 6 nitrogen and oxygen atoms in total. The Kier molecular flexibility index (Phi) is 4.10. The minimum absolute atomic E-state index is 0.0603. The molecule has 0 amide bonds. The third kappa shape index (κ3) is 2.41. The number of aryl methyl sites for hydroxylation is 1. The van der Waals surface area contributed by atoms with E-state index < -0.39 is 10.0 Å². The number of anilines is 1. The largest absolute Gasteiger partial charge is 0.326 e. The lowest BCUT2D eigenvalue weighted by Gasteiger charge is -2.24. The number of benzene rings is 1. The number of nitrogens with one attached hydrogen (secondary N) is 1. The van der Waals surface area contributed by atoms with Gasteiger partial charge in [0.1, 0.15) is 0 Å². The van der Waals surface area contributed by atoms with Gasteiger partial charge in [0.15, 0.2) is 5.03 Å². The summed E-state index contributed by atoms with van der Waals surface area (Å²) in [6.45, 7) is 4.12. The number of aromatic nitrogens is 2. The Morgan fingerprint density at radius 3 is 2.65 bits per heavy atom. The number of nitrogens with two attached hydrogens (primary N) is 1. The van der Waals surface area contributed by atoms with Crippen LogP contribution in [0.1, 0.15) is 18.1 Å². The summed E-state index contributed by atoms with van der Waals surface area (Å²) >= 11 is 0. The molecule has 20 heavy (non-hydrogen) atoms. The summed E-state index contributed by atoms with van der Waals surface area (Å²) in [7, 11) is -3.69. The molecule has 0 bridgehead atoms. The lowest BCUT2D eigenvalue weighted by molar-refractivity contribution is 0.586. The Morgan fingerprint density at radius 1 is 1.35 bits per heavy atom. The Morgan fingerprint density at radius 2 is 2.05 bits per heavy atom. The topological polar surface area (TPSA) is 92.1 Å². The van der Waals surface area contributed by atoms with Gasteiger partial charge in [0, 0.05) is 18.7 Å². The molecule has 0 spiro atoms. The SMILES string of the molecule is CCN(c1ccccc1C)S(=O)(=O)c1[nH]ncc1CN. The van der Waals surface area contributed by atoms with Crippen molar-refractivity contribution in [1.29, 1.82) is 0 Å². The van der Waals surface area contributed by atoms with E-state index in [1.54, 1.807) is 13.0 Å². The van der Waals surface area contributed by atoms with Crippen molar-refractivity contribution in [3.63, 3.8) is 0 Å². The molecule has 0 saturated carbocycles. The standard InChI is InChI=1S/C13H18N4O2S/c1-3-17(12-7-5-4-6-10(12)2)20(18,19)13-11(8-14)9-15-16-13/h4-7,9H,3,8,14H2,1-2H3,(H,15,16). The molecule has 1 heterocycles. The van der Waals surface area contributed by atoms with Gasteiger partial charge in [0.2, 0.25) is 0 Å². The summed E-state index contributed by atoms with van der Waals surface area (Å²) in [5, 5.41) is 6.38. The predicted octanol–water partition coefficient (Wildman–Crippen LogP) is 1.39. The van der Waals surface area contributed by atoms with Gasteiger partial charge in [-0.25, -0.2) is 0 Å². The van der Waals surface area contributed by atoms with E-state index in [2.05, 4.69) is 10.2 Å². The maximum atomic E-state index is 12.8. The first-order valence-corrected chi connectivity index (χ1v) is 7.77. The highest BCUT2D eigenvalue weighted by Gasteiger charge is 2.28. The van der Waals surface area contributed by atoms with Gasteiger partial charge in [-0.1, -0.05) is 18.2 Å². The van der Waals surface area contributed by atoms with Crippen molar-refractivity contribution in [2.24, 2.45) is 5.73 Å². The lowest BCUT2D eigenvalue weighted by atomic mass is 10.2. The van der Waals surface area contributed by atoms with Crippen molar-refractivity contribution in [1.82, 2.24) is 10.2 Å². The summed E-state index contributed by atoms with van der Waals surface area (Å²) in [5.74, 6) is 0. The maximum absolute atomic E-state index is 12.8. The van der Waals surface area contributed by atoms with Crippen molar-refractivity contribution in [2.75, 3.05) is 10.8 Å². The molecule has 1 aromatic carbocycles. The average Bonchev–Trinajstić information content (AvgIpc) is 2.90.